The van der Waals surface area contributed by atoms with Gasteiger partial charge in [-0.25, -0.2) is 4.79 Å². The average molecular weight is 283 g/mol. The summed E-state index contributed by atoms with van der Waals surface area (Å²) >= 11 is 0. The van der Waals surface area contributed by atoms with Gasteiger partial charge in [-0.15, -0.1) is 0 Å². The Labute approximate surface area is 123 Å². The minimum absolute atomic E-state index is 0.211. The number of benzene rings is 2. The fourth-order valence-corrected chi connectivity index (χ4v) is 2.62. The summed E-state index contributed by atoms with van der Waals surface area (Å²) in [5.74, 6) is 0.760. The number of aryl methyl sites for hydroxylation is 1. The predicted molar refractivity (Wildman–Crippen MR) is 80.6 cm³/mol. The quantitative estimate of drug-likeness (QED) is 0.882. The molecule has 0 saturated heterocycles. The molecule has 2 aromatic carbocycles. The summed E-state index contributed by atoms with van der Waals surface area (Å²) < 4.78 is 5.61. The smallest absolute Gasteiger partial charge is 0.405 e. The standard InChI is InChI=1S/C17H17NO3/c1-11-2-4-12(5-3-11)13-6-7-16-14(10-13)15(8-9-21-16)18-17(19)20/h2-7,10,15,18H,8-9H2,1H3,(H,19,20). The molecule has 21 heavy (non-hydrogen) atoms. The van der Waals surface area contributed by atoms with Crippen LogP contribution in [0.2, 0.25) is 0 Å². The van der Waals surface area contributed by atoms with Crippen molar-refractivity contribution >= 4 is 6.09 Å². The normalized spacial score (nSPS) is 16.7. The Bertz CT molecular complexity index is 664. The summed E-state index contributed by atoms with van der Waals surface area (Å²) in [5.41, 5.74) is 4.30. The topological polar surface area (TPSA) is 58.6 Å². The molecule has 0 aliphatic carbocycles. The number of carbonyl (C=O) groups is 1. The fraction of sp³-hybridized carbons (Fsp3) is 0.235. The molecule has 1 heterocycles. The Hall–Kier alpha value is -2.49. The van der Waals surface area contributed by atoms with Crippen LogP contribution in [0.5, 0.6) is 5.75 Å². The predicted octanol–water partition coefficient (Wildman–Crippen LogP) is 3.75. The third-order valence-electron chi connectivity index (χ3n) is 3.73. The highest BCUT2D eigenvalue weighted by Gasteiger charge is 2.23. The SMILES string of the molecule is Cc1ccc(-c2ccc3c(c2)C(NC(=O)O)CCO3)cc1. The van der Waals surface area contributed by atoms with Crippen molar-refractivity contribution in [2.45, 2.75) is 19.4 Å². The maximum atomic E-state index is 10.9. The van der Waals surface area contributed by atoms with E-state index in [1.807, 2.05) is 18.2 Å². The second kappa shape index (κ2) is 5.48. The van der Waals surface area contributed by atoms with Crippen molar-refractivity contribution in [2.24, 2.45) is 0 Å². The molecule has 0 spiro atoms. The summed E-state index contributed by atoms with van der Waals surface area (Å²) in [4.78, 5) is 10.9. The number of ether oxygens (including phenoxy) is 1. The zero-order chi connectivity index (χ0) is 14.8. The fourth-order valence-electron chi connectivity index (χ4n) is 2.62. The molecule has 1 amide bonds. The van der Waals surface area contributed by atoms with Gasteiger partial charge in [-0.2, -0.15) is 0 Å². The van der Waals surface area contributed by atoms with Crippen LogP contribution in [-0.2, 0) is 0 Å². The molecule has 0 saturated carbocycles. The van der Waals surface area contributed by atoms with E-state index in [2.05, 4.69) is 36.5 Å². The Kier molecular flexibility index (Phi) is 3.52. The number of rotatable bonds is 2. The van der Waals surface area contributed by atoms with Gasteiger partial charge in [0.15, 0.2) is 0 Å². The molecule has 108 valence electrons. The largest absolute Gasteiger partial charge is 0.493 e. The lowest BCUT2D eigenvalue weighted by atomic mass is 9.95. The van der Waals surface area contributed by atoms with Crippen LogP contribution in [0.3, 0.4) is 0 Å². The summed E-state index contributed by atoms with van der Waals surface area (Å²) in [6.07, 6.45) is -0.356. The molecule has 1 aliphatic heterocycles. The molecule has 0 bridgehead atoms. The Morgan fingerprint density at radius 2 is 1.90 bits per heavy atom. The lowest BCUT2D eigenvalue weighted by molar-refractivity contribution is 0.182. The first-order valence-corrected chi connectivity index (χ1v) is 6.97. The summed E-state index contributed by atoms with van der Waals surface area (Å²) in [5, 5.41) is 11.5. The minimum Gasteiger partial charge on any atom is -0.493 e. The number of nitrogens with one attached hydrogen (secondary N) is 1. The van der Waals surface area contributed by atoms with Crippen LogP contribution in [0, 0.1) is 6.92 Å². The van der Waals surface area contributed by atoms with Crippen LogP contribution < -0.4 is 10.1 Å². The van der Waals surface area contributed by atoms with Gasteiger partial charge in [0.05, 0.1) is 12.6 Å². The number of carboxylic acid groups (broad SMARTS) is 1. The van der Waals surface area contributed by atoms with E-state index in [0.717, 1.165) is 22.4 Å². The van der Waals surface area contributed by atoms with Gasteiger partial charge in [0.2, 0.25) is 0 Å². The van der Waals surface area contributed by atoms with Crippen LogP contribution in [-0.4, -0.2) is 17.8 Å². The lowest BCUT2D eigenvalue weighted by Crippen LogP contribution is -2.30. The molecule has 2 N–H and O–H groups in total. The molecular weight excluding hydrogens is 266 g/mol. The van der Waals surface area contributed by atoms with Gasteiger partial charge >= 0.3 is 6.09 Å². The van der Waals surface area contributed by atoms with E-state index in [9.17, 15) is 4.79 Å². The first-order chi connectivity index (χ1) is 10.1. The molecule has 3 rings (SSSR count). The van der Waals surface area contributed by atoms with Crippen LogP contribution in [0.15, 0.2) is 42.5 Å². The van der Waals surface area contributed by atoms with Gasteiger partial charge in [0, 0.05) is 12.0 Å². The van der Waals surface area contributed by atoms with E-state index in [0.29, 0.717) is 13.0 Å². The highest BCUT2D eigenvalue weighted by Crippen LogP contribution is 2.35. The van der Waals surface area contributed by atoms with Gasteiger partial charge < -0.3 is 15.2 Å². The first kappa shape index (κ1) is 13.5. The third-order valence-corrected chi connectivity index (χ3v) is 3.73. The molecule has 1 atom stereocenters. The highest BCUT2D eigenvalue weighted by atomic mass is 16.5. The van der Waals surface area contributed by atoms with Crippen molar-refractivity contribution in [1.29, 1.82) is 0 Å². The van der Waals surface area contributed by atoms with Crippen LogP contribution in [0.4, 0.5) is 4.79 Å². The van der Waals surface area contributed by atoms with E-state index < -0.39 is 6.09 Å². The van der Waals surface area contributed by atoms with Crippen LogP contribution >= 0.6 is 0 Å². The second-order valence-corrected chi connectivity index (χ2v) is 5.26. The van der Waals surface area contributed by atoms with E-state index in [4.69, 9.17) is 9.84 Å². The van der Waals surface area contributed by atoms with Crippen LogP contribution in [0.25, 0.3) is 11.1 Å². The van der Waals surface area contributed by atoms with Crippen molar-refractivity contribution in [2.75, 3.05) is 6.61 Å². The second-order valence-electron chi connectivity index (χ2n) is 5.26. The Morgan fingerprint density at radius 1 is 1.19 bits per heavy atom. The van der Waals surface area contributed by atoms with Gasteiger partial charge in [0.25, 0.3) is 0 Å². The van der Waals surface area contributed by atoms with Crippen molar-refractivity contribution in [3.8, 4) is 16.9 Å². The van der Waals surface area contributed by atoms with E-state index in [1.54, 1.807) is 0 Å². The highest BCUT2D eigenvalue weighted by molar-refractivity contribution is 5.68. The van der Waals surface area contributed by atoms with Crippen molar-refractivity contribution in [3.63, 3.8) is 0 Å². The molecule has 2 aromatic rings. The monoisotopic (exact) mass is 283 g/mol. The number of fused-ring (bicyclic) bond motifs is 1. The van der Waals surface area contributed by atoms with Crippen LogP contribution in [0.1, 0.15) is 23.6 Å². The number of hydrogen-bond donors (Lipinski definition) is 2. The third kappa shape index (κ3) is 2.84. The summed E-state index contributed by atoms with van der Waals surface area (Å²) in [6.45, 7) is 2.58. The maximum absolute atomic E-state index is 10.9. The molecule has 1 aliphatic rings. The molecule has 4 nitrogen and oxygen atoms in total. The Morgan fingerprint density at radius 3 is 2.62 bits per heavy atom. The maximum Gasteiger partial charge on any atom is 0.405 e. The van der Waals surface area contributed by atoms with E-state index >= 15 is 0 Å². The zero-order valence-corrected chi connectivity index (χ0v) is 11.8. The van der Waals surface area contributed by atoms with E-state index in [-0.39, 0.29) is 6.04 Å². The molecule has 0 fully saturated rings. The van der Waals surface area contributed by atoms with Gasteiger partial charge in [-0.3, -0.25) is 0 Å². The molecule has 0 radical (unpaired) electrons. The minimum atomic E-state index is -1.01. The molecule has 1 unspecified atom stereocenters. The van der Waals surface area contributed by atoms with Crippen molar-refractivity contribution < 1.29 is 14.6 Å². The van der Waals surface area contributed by atoms with Gasteiger partial charge in [-0.1, -0.05) is 35.9 Å². The Balaban J connectivity index is 1.98. The van der Waals surface area contributed by atoms with Gasteiger partial charge in [0.1, 0.15) is 5.75 Å². The summed E-state index contributed by atoms with van der Waals surface area (Å²) in [6, 6.07) is 14.0. The molecule has 4 heteroatoms. The zero-order valence-electron chi connectivity index (χ0n) is 11.8. The number of hydrogen-bond acceptors (Lipinski definition) is 2. The van der Waals surface area contributed by atoms with Crippen molar-refractivity contribution in [3.05, 3.63) is 53.6 Å². The average Bonchev–Trinajstić information content (AvgIpc) is 2.47. The lowest BCUT2D eigenvalue weighted by Gasteiger charge is -2.26. The molecular formula is C17H17NO3. The van der Waals surface area contributed by atoms with E-state index in [1.165, 1.54) is 5.56 Å². The van der Waals surface area contributed by atoms with Crippen molar-refractivity contribution in [1.82, 2.24) is 5.32 Å². The van der Waals surface area contributed by atoms with Gasteiger partial charge in [-0.05, 0) is 30.2 Å². The molecule has 0 aromatic heterocycles. The summed E-state index contributed by atoms with van der Waals surface area (Å²) in [7, 11) is 0. The first-order valence-electron chi connectivity index (χ1n) is 6.97. The number of amides is 1.